The molecule has 8 heteroatoms. The highest BCUT2D eigenvalue weighted by atomic mass is 32.2. The van der Waals surface area contributed by atoms with Crippen molar-refractivity contribution >= 4 is 17.4 Å². The molecule has 1 aliphatic heterocycles. The van der Waals surface area contributed by atoms with Crippen molar-refractivity contribution in [3.63, 3.8) is 0 Å². The highest BCUT2D eigenvalue weighted by Crippen LogP contribution is 2.42. The van der Waals surface area contributed by atoms with Crippen molar-refractivity contribution in [2.24, 2.45) is 0 Å². The molecule has 7 nitrogen and oxygen atoms in total. The lowest BCUT2D eigenvalue weighted by Gasteiger charge is -2.22. The number of hydrogen-bond donors (Lipinski definition) is 1. The zero-order valence-corrected chi connectivity index (χ0v) is 16.6. The lowest BCUT2D eigenvalue weighted by Crippen LogP contribution is -2.18. The van der Waals surface area contributed by atoms with Crippen LogP contribution >= 0.6 is 11.8 Å². The van der Waals surface area contributed by atoms with Crippen molar-refractivity contribution in [3.05, 3.63) is 48.0 Å². The standard InChI is InChI=1S/C20H20N4O3S/c1-4-26-15-11-7-9-13(17(15)25-2)18-21-14-10-6-5-8-12(14)16-19(27-18)22-20(28-3)24-23-16/h5-11,18,21H,4H2,1-3H3/t18-/m1/s1. The normalized spacial score (nSPS) is 14.8. The molecule has 0 amide bonds. The number of aromatic nitrogens is 3. The van der Waals surface area contributed by atoms with E-state index in [4.69, 9.17) is 14.2 Å². The van der Waals surface area contributed by atoms with Gasteiger partial charge in [0.2, 0.25) is 17.3 Å². The first-order chi connectivity index (χ1) is 13.7. The van der Waals surface area contributed by atoms with Gasteiger partial charge >= 0.3 is 0 Å². The molecule has 1 aliphatic rings. The van der Waals surface area contributed by atoms with Gasteiger partial charge in [-0.1, -0.05) is 36.0 Å². The molecule has 0 spiro atoms. The van der Waals surface area contributed by atoms with Crippen LogP contribution in [-0.2, 0) is 0 Å². The first kappa shape index (κ1) is 18.4. The van der Waals surface area contributed by atoms with Crippen LogP contribution in [0.25, 0.3) is 11.3 Å². The van der Waals surface area contributed by atoms with Crippen molar-refractivity contribution in [3.8, 4) is 28.6 Å². The summed E-state index contributed by atoms with van der Waals surface area (Å²) in [6.45, 7) is 2.48. The minimum absolute atomic E-state index is 0.422. The summed E-state index contributed by atoms with van der Waals surface area (Å²) in [5.74, 6) is 1.71. The second-order valence-corrected chi connectivity index (χ2v) is 6.73. The monoisotopic (exact) mass is 396 g/mol. The highest BCUT2D eigenvalue weighted by Gasteiger charge is 2.28. The van der Waals surface area contributed by atoms with Crippen LogP contribution in [0.4, 0.5) is 5.69 Å². The number of nitrogens with zero attached hydrogens (tertiary/aromatic N) is 3. The SMILES string of the molecule is CCOc1cccc([C@@H]2Nc3ccccc3-c3nnc(SC)nc3O2)c1OC. The molecule has 2 aromatic carbocycles. The first-order valence-electron chi connectivity index (χ1n) is 8.86. The lowest BCUT2D eigenvalue weighted by molar-refractivity contribution is 0.217. The zero-order valence-electron chi connectivity index (χ0n) is 15.8. The van der Waals surface area contributed by atoms with Gasteiger partial charge in [0.05, 0.1) is 19.3 Å². The quantitative estimate of drug-likeness (QED) is 0.644. The van der Waals surface area contributed by atoms with Crippen LogP contribution in [0.3, 0.4) is 0 Å². The van der Waals surface area contributed by atoms with Gasteiger partial charge in [-0.05, 0) is 31.4 Å². The van der Waals surface area contributed by atoms with E-state index in [1.165, 1.54) is 11.8 Å². The Morgan fingerprint density at radius 1 is 1.14 bits per heavy atom. The van der Waals surface area contributed by atoms with Crippen molar-refractivity contribution in [2.45, 2.75) is 18.3 Å². The van der Waals surface area contributed by atoms with Crippen LogP contribution in [-0.4, -0.2) is 35.2 Å². The molecule has 1 atom stereocenters. The van der Waals surface area contributed by atoms with Gasteiger partial charge in [-0.2, -0.15) is 4.98 Å². The molecule has 0 saturated heterocycles. The Morgan fingerprint density at radius 3 is 2.79 bits per heavy atom. The summed E-state index contributed by atoms with van der Waals surface area (Å²) in [6.07, 6.45) is 1.36. The van der Waals surface area contributed by atoms with Gasteiger partial charge in [0.15, 0.2) is 17.2 Å². The summed E-state index contributed by atoms with van der Waals surface area (Å²) in [5.41, 5.74) is 3.17. The molecule has 0 fully saturated rings. The summed E-state index contributed by atoms with van der Waals surface area (Å²) >= 11 is 1.41. The number of hydrogen-bond acceptors (Lipinski definition) is 8. The van der Waals surface area contributed by atoms with Gasteiger partial charge in [-0.25, -0.2) is 0 Å². The third kappa shape index (κ3) is 3.31. The van der Waals surface area contributed by atoms with Crippen LogP contribution < -0.4 is 19.5 Å². The third-order valence-electron chi connectivity index (χ3n) is 4.31. The van der Waals surface area contributed by atoms with Crippen molar-refractivity contribution in [1.29, 1.82) is 0 Å². The molecule has 1 aromatic heterocycles. The fraction of sp³-hybridized carbons (Fsp3) is 0.250. The Labute approximate surface area is 167 Å². The first-order valence-corrected chi connectivity index (χ1v) is 10.1. The Balaban J connectivity index is 1.86. The average molecular weight is 396 g/mol. The molecule has 0 unspecified atom stereocenters. The molecule has 0 saturated carbocycles. The topological polar surface area (TPSA) is 78.4 Å². The summed E-state index contributed by atoms with van der Waals surface area (Å²) < 4.78 is 17.6. The van der Waals surface area contributed by atoms with Gasteiger partial charge < -0.3 is 19.5 Å². The van der Waals surface area contributed by atoms with Gasteiger partial charge in [0.1, 0.15) is 0 Å². The molecule has 4 rings (SSSR count). The number of rotatable bonds is 5. The summed E-state index contributed by atoms with van der Waals surface area (Å²) in [4.78, 5) is 4.54. The summed E-state index contributed by atoms with van der Waals surface area (Å²) in [7, 11) is 1.62. The van der Waals surface area contributed by atoms with Crippen molar-refractivity contribution < 1.29 is 14.2 Å². The predicted octanol–water partition coefficient (Wildman–Crippen LogP) is 4.17. The molecule has 1 N–H and O–H groups in total. The number of thioether (sulfide) groups is 1. The molecular formula is C20H20N4O3S. The Morgan fingerprint density at radius 2 is 2.00 bits per heavy atom. The van der Waals surface area contributed by atoms with Gasteiger partial charge in [-0.15, -0.1) is 10.2 Å². The average Bonchev–Trinajstić information content (AvgIpc) is 2.90. The molecule has 3 aromatic rings. The predicted molar refractivity (Wildman–Crippen MR) is 108 cm³/mol. The van der Waals surface area contributed by atoms with Crippen LogP contribution in [0.5, 0.6) is 17.4 Å². The van der Waals surface area contributed by atoms with E-state index in [0.29, 0.717) is 34.8 Å². The molecule has 28 heavy (non-hydrogen) atoms. The minimum atomic E-state index is -0.538. The van der Waals surface area contributed by atoms with E-state index in [1.807, 2.05) is 55.6 Å². The fourth-order valence-corrected chi connectivity index (χ4v) is 3.40. The maximum Gasteiger partial charge on any atom is 0.247 e. The second-order valence-electron chi connectivity index (χ2n) is 5.95. The maximum atomic E-state index is 6.27. The largest absolute Gasteiger partial charge is 0.492 e. The number of nitrogens with one attached hydrogen (secondary N) is 1. The number of anilines is 1. The number of ether oxygens (including phenoxy) is 3. The van der Waals surface area contributed by atoms with E-state index >= 15 is 0 Å². The van der Waals surface area contributed by atoms with Crippen LogP contribution in [0.2, 0.25) is 0 Å². The molecular weight excluding hydrogens is 376 g/mol. The van der Waals surface area contributed by atoms with Crippen LogP contribution in [0.1, 0.15) is 18.7 Å². The summed E-state index contributed by atoms with van der Waals surface area (Å²) in [5, 5.41) is 12.5. The zero-order chi connectivity index (χ0) is 19.5. The Hall–Kier alpha value is -3.00. The second kappa shape index (κ2) is 7.93. The maximum absolute atomic E-state index is 6.27. The molecule has 144 valence electrons. The Bertz CT molecular complexity index is 999. The molecule has 2 heterocycles. The van der Waals surface area contributed by atoms with Crippen molar-refractivity contribution in [1.82, 2.24) is 15.2 Å². The summed E-state index contributed by atoms with van der Waals surface area (Å²) in [6, 6.07) is 13.6. The van der Waals surface area contributed by atoms with E-state index in [9.17, 15) is 0 Å². The number of fused-ring (bicyclic) bond motifs is 3. The van der Waals surface area contributed by atoms with Crippen LogP contribution in [0.15, 0.2) is 47.6 Å². The number of benzene rings is 2. The molecule has 0 radical (unpaired) electrons. The Kier molecular flexibility index (Phi) is 5.21. The van der Waals surface area contributed by atoms with E-state index in [1.54, 1.807) is 7.11 Å². The highest BCUT2D eigenvalue weighted by molar-refractivity contribution is 7.98. The van der Waals surface area contributed by atoms with Crippen molar-refractivity contribution in [2.75, 3.05) is 25.3 Å². The lowest BCUT2D eigenvalue weighted by atomic mass is 10.1. The van der Waals surface area contributed by atoms with E-state index in [-0.39, 0.29) is 0 Å². The molecule has 0 bridgehead atoms. The third-order valence-corrected chi connectivity index (χ3v) is 4.85. The smallest absolute Gasteiger partial charge is 0.247 e. The fourth-order valence-electron chi connectivity index (χ4n) is 3.10. The van der Waals surface area contributed by atoms with Gasteiger partial charge in [0.25, 0.3) is 0 Å². The van der Waals surface area contributed by atoms with Gasteiger partial charge in [-0.3, -0.25) is 0 Å². The number of methoxy groups -OCH3 is 1. The number of para-hydroxylation sites is 2. The van der Waals surface area contributed by atoms with Crippen LogP contribution in [0, 0.1) is 0 Å². The molecule has 0 aliphatic carbocycles. The van der Waals surface area contributed by atoms with E-state index in [2.05, 4.69) is 20.5 Å². The minimum Gasteiger partial charge on any atom is -0.492 e. The van der Waals surface area contributed by atoms with E-state index < -0.39 is 6.23 Å². The van der Waals surface area contributed by atoms with E-state index in [0.717, 1.165) is 16.8 Å². The van der Waals surface area contributed by atoms with Gasteiger partial charge in [0, 0.05) is 11.3 Å².